The van der Waals surface area contributed by atoms with Crippen molar-refractivity contribution in [2.45, 2.75) is 64.8 Å². The number of hydrogen-bond acceptors (Lipinski definition) is 4. The largest absolute Gasteiger partial charge is 0.361 e. The molecule has 172 valence electrons. The lowest BCUT2D eigenvalue weighted by Gasteiger charge is -2.44. The minimum absolute atomic E-state index is 0.0108. The zero-order valence-electron chi connectivity index (χ0n) is 19.0. The Labute approximate surface area is 188 Å². The summed E-state index contributed by atoms with van der Waals surface area (Å²) in [5, 5.41) is 3.94. The third-order valence-electron chi connectivity index (χ3n) is 7.11. The monoisotopic (exact) mass is 441 g/mol. The lowest BCUT2D eigenvalue weighted by atomic mass is 9.83. The minimum Gasteiger partial charge on any atom is -0.361 e. The number of likely N-dealkylation sites (tertiary alicyclic amines) is 2. The van der Waals surface area contributed by atoms with Crippen molar-refractivity contribution in [1.82, 2.24) is 15.0 Å². The van der Waals surface area contributed by atoms with Crippen LogP contribution in [0.25, 0.3) is 0 Å². The van der Waals surface area contributed by atoms with Gasteiger partial charge in [-0.25, -0.2) is 4.39 Å². The van der Waals surface area contributed by atoms with E-state index in [9.17, 15) is 14.0 Å². The molecule has 2 aliphatic heterocycles. The Morgan fingerprint density at radius 2 is 1.78 bits per heavy atom. The van der Waals surface area contributed by atoms with Gasteiger partial charge in [-0.1, -0.05) is 23.4 Å². The quantitative estimate of drug-likeness (QED) is 0.707. The third-order valence-corrected chi connectivity index (χ3v) is 7.11. The van der Waals surface area contributed by atoms with E-state index < -0.39 is 0 Å². The molecule has 0 bridgehead atoms. The van der Waals surface area contributed by atoms with Gasteiger partial charge >= 0.3 is 0 Å². The van der Waals surface area contributed by atoms with Crippen LogP contribution < -0.4 is 0 Å². The van der Waals surface area contributed by atoms with Crippen molar-refractivity contribution >= 4 is 11.8 Å². The van der Waals surface area contributed by atoms with Crippen LogP contribution in [0.1, 0.15) is 54.7 Å². The van der Waals surface area contributed by atoms with E-state index >= 15 is 0 Å². The summed E-state index contributed by atoms with van der Waals surface area (Å²) in [4.78, 5) is 29.8. The van der Waals surface area contributed by atoms with Crippen molar-refractivity contribution in [2.24, 2.45) is 5.92 Å². The van der Waals surface area contributed by atoms with Crippen LogP contribution in [0.15, 0.2) is 28.8 Å². The summed E-state index contributed by atoms with van der Waals surface area (Å²) in [6, 6.07) is 6.70. The van der Waals surface area contributed by atoms with Gasteiger partial charge in [0.1, 0.15) is 11.6 Å². The van der Waals surface area contributed by atoms with Crippen LogP contribution in [0.5, 0.6) is 0 Å². The van der Waals surface area contributed by atoms with Gasteiger partial charge in [0.05, 0.1) is 18.5 Å². The first-order chi connectivity index (χ1) is 15.4. The smallest absolute Gasteiger partial charge is 0.227 e. The third kappa shape index (κ3) is 4.87. The van der Waals surface area contributed by atoms with Crippen molar-refractivity contribution in [3.63, 3.8) is 0 Å². The molecule has 2 aliphatic rings. The summed E-state index contributed by atoms with van der Waals surface area (Å²) in [7, 11) is 0. The number of piperidine rings is 2. The van der Waals surface area contributed by atoms with E-state index in [1.165, 1.54) is 6.07 Å². The van der Waals surface area contributed by atoms with E-state index in [4.69, 9.17) is 4.52 Å². The topological polar surface area (TPSA) is 66.7 Å². The molecule has 1 atom stereocenters. The number of amides is 2. The van der Waals surface area contributed by atoms with Gasteiger partial charge < -0.3 is 14.3 Å². The van der Waals surface area contributed by atoms with Crippen LogP contribution in [-0.2, 0) is 22.4 Å². The summed E-state index contributed by atoms with van der Waals surface area (Å²) in [5.74, 6) is 0.880. The molecule has 4 rings (SSSR count). The van der Waals surface area contributed by atoms with Gasteiger partial charge in [-0.15, -0.1) is 0 Å². The average molecular weight is 442 g/mol. The number of nitrogens with zero attached hydrogens (tertiary/aromatic N) is 3. The second kappa shape index (κ2) is 9.84. The second-order valence-electron chi connectivity index (χ2n) is 9.12. The molecular formula is C25H32FN3O3. The molecular weight excluding hydrogens is 409 g/mol. The van der Waals surface area contributed by atoms with Crippen molar-refractivity contribution < 1.29 is 18.5 Å². The summed E-state index contributed by atoms with van der Waals surface area (Å²) >= 11 is 0. The average Bonchev–Trinajstić information content (AvgIpc) is 3.12. The number of rotatable bonds is 5. The van der Waals surface area contributed by atoms with Gasteiger partial charge in [-0.2, -0.15) is 0 Å². The maximum absolute atomic E-state index is 14.1. The highest BCUT2D eigenvalue weighted by Gasteiger charge is 2.35. The molecule has 3 heterocycles. The first-order valence-corrected chi connectivity index (χ1v) is 11.7. The number of aryl methyl sites for hydroxylation is 2. The molecule has 2 amide bonds. The summed E-state index contributed by atoms with van der Waals surface area (Å²) < 4.78 is 19.2. The Balaban J connectivity index is 1.35. The summed E-state index contributed by atoms with van der Waals surface area (Å²) in [6.07, 6.45) is 5.30. The van der Waals surface area contributed by atoms with E-state index in [-0.39, 0.29) is 30.1 Å². The number of hydrogen-bond donors (Lipinski definition) is 0. The van der Waals surface area contributed by atoms with Gasteiger partial charge in [0.15, 0.2) is 0 Å². The highest BCUT2D eigenvalue weighted by atomic mass is 19.1. The number of halogens is 1. The standard InChI is InChI=1S/C25H32FN3O3/c1-17-21(18(2)32-27-17)16-24(30)28-13-10-19(11-14-28)23-9-5-6-12-29(23)25(31)15-20-7-3-4-8-22(20)26/h3-4,7-8,19,23H,5-6,9-16H2,1-2H3/t23-/m0/s1. The van der Waals surface area contributed by atoms with Crippen molar-refractivity contribution in [2.75, 3.05) is 19.6 Å². The van der Waals surface area contributed by atoms with Crippen LogP contribution in [0.3, 0.4) is 0 Å². The fraction of sp³-hybridized carbons (Fsp3) is 0.560. The van der Waals surface area contributed by atoms with Crippen molar-refractivity contribution in [1.29, 1.82) is 0 Å². The summed E-state index contributed by atoms with van der Waals surface area (Å²) in [6.45, 7) is 5.85. The maximum atomic E-state index is 14.1. The van der Waals surface area contributed by atoms with Gasteiger partial charge in [-0.05, 0) is 63.5 Å². The normalized spacial score (nSPS) is 19.9. The molecule has 2 fully saturated rings. The lowest BCUT2D eigenvalue weighted by Crippen LogP contribution is -2.51. The van der Waals surface area contributed by atoms with Gasteiger partial charge in [0.25, 0.3) is 0 Å². The molecule has 0 aliphatic carbocycles. The number of benzene rings is 1. The molecule has 1 aromatic heterocycles. The molecule has 0 N–H and O–H groups in total. The highest BCUT2D eigenvalue weighted by molar-refractivity contribution is 5.80. The van der Waals surface area contributed by atoms with Crippen LogP contribution in [0.2, 0.25) is 0 Å². The lowest BCUT2D eigenvalue weighted by molar-refractivity contribution is -0.138. The predicted molar refractivity (Wildman–Crippen MR) is 118 cm³/mol. The molecule has 0 radical (unpaired) electrons. The van der Waals surface area contributed by atoms with Gasteiger partial charge in [-0.3, -0.25) is 9.59 Å². The zero-order valence-corrected chi connectivity index (χ0v) is 19.0. The fourth-order valence-corrected chi connectivity index (χ4v) is 5.21. The second-order valence-corrected chi connectivity index (χ2v) is 9.12. The van der Waals surface area contributed by atoms with E-state index in [0.29, 0.717) is 36.8 Å². The van der Waals surface area contributed by atoms with E-state index in [0.717, 1.165) is 49.9 Å². The predicted octanol–water partition coefficient (Wildman–Crippen LogP) is 3.84. The first-order valence-electron chi connectivity index (χ1n) is 11.7. The fourth-order valence-electron chi connectivity index (χ4n) is 5.21. The first kappa shape index (κ1) is 22.5. The molecule has 0 unspecified atom stereocenters. The maximum Gasteiger partial charge on any atom is 0.227 e. The molecule has 6 nitrogen and oxygen atoms in total. The van der Waals surface area contributed by atoms with E-state index in [2.05, 4.69) is 5.16 Å². The van der Waals surface area contributed by atoms with Crippen LogP contribution in [0, 0.1) is 25.6 Å². The number of carbonyl (C=O) groups is 2. The Morgan fingerprint density at radius 1 is 1.03 bits per heavy atom. The van der Waals surface area contributed by atoms with Crippen LogP contribution >= 0.6 is 0 Å². The van der Waals surface area contributed by atoms with Crippen LogP contribution in [-0.4, -0.2) is 52.4 Å². The molecule has 1 aromatic carbocycles. The summed E-state index contributed by atoms with van der Waals surface area (Å²) in [5.41, 5.74) is 2.12. The SMILES string of the molecule is Cc1noc(C)c1CC(=O)N1CCC([C@@H]2CCCCN2C(=O)Cc2ccccc2F)CC1. The Bertz CT molecular complexity index is 946. The van der Waals surface area contributed by atoms with E-state index in [1.54, 1.807) is 18.2 Å². The zero-order chi connectivity index (χ0) is 22.7. The minimum atomic E-state index is -0.320. The molecule has 7 heteroatoms. The van der Waals surface area contributed by atoms with Gasteiger partial charge in [0, 0.05) is 31.2 Å². The molecule has 2 saturated heterocycles. The number of carbonyl (C=O) groups excluding carboxylic acids is 2. The van der Waals surface area contributed by atoms with Crippen molar-refractivity contribution in [3.05, 3.63) is 52.7 Å². The van der Waals surface area contributed by atoms with Gasteiger partial charge in [0.2, 0.25) is 11.8 Å². The Kier molecular flexibility index (Phi) is 6.92. The number of aromatic nitrogens is 1. The Morgan fingerprint density at radius 3 is 2.47 bits per heavy atom. The molecule has 32 heavy (non-hydrogen) atoms. The molecule has 0 saturated carbocycles. The molecule has 2 aromatic rings. The van der Waals surface area contributed by atoms with Crippen molar-refractivity contribution in [3.8, 4) is 0 Å². The van der Waals surface area contributed by atoms with Crippen LogP contribution in [0.4, 0.5) is 4.39 Å². The Hall–Kier alpha value is -2.70. The molecule has 0 spiro atoms. The van der Waals surface area contributed by atoms with E-state index in [1.807, 2.05) is 23.6 Å². The highest BCUT2D eigenvalue weighted by Crippen LogP contribution is 2.31.